The van der Waals surface area contributed by atoms with Gasteiger partial charge >= 0.3 is 0 Å². The van der Waals surface area contributed by atoms with Gasteiger partial charge in [0.1, 0.15) is 11.6 Å². The van der Waals surface area contributed by atoms with Gasteiger partial charge in [0, 0.05) is 18.3 Å². The molecule has 0 amide bonds. The molecule has 19 heavy (non-hydrogen) atoms. The number of benzene rings is 1. The third kappa shape index (κ3) is 2.42. The van der Waals surface area contributed by atoms with Crippen molar-refractivity contribution in [1.29, 1.82) is 0 Å². The average Bonchev–Trinajstić information content (AvgIpc) is 2.89. The number of rotatable bonds is 4. The van der Waals surface area contributed by atoms with Crippen molar-refractivity contribution in [3.05, 3.63) is 42.6 Å². The Hall–Kier alpha value is -2.36. The van der Waals surface area contributed by atoms with Gasteiger partial charge in [-0.25, -0.2) is 9.97 Å². The highest BCUT2D eigenvalue weighted by Crippen LogP contribution is 2.21. The molecular weight excluding hydrogens is 236 g/mol. The maximum absolute atomic E-state index is 4.59. The van der Waals surface area contributed by atoms with Crippen LogP contribution in [0.1, 0.15) is 13.3 Å². The standard InChI is InChI=1S/C15H16N4/c1-2-8-16-14-10-11(7-9-17-14)15-18-12-5-3-4-6-13(12)19-15/h3-7,9-10H,2,8H2,1H3,(H,16,17)(H,18,19). The fourth-order valence-corrected chi connectivity index (χ4v) is 2.02. The summed E-state index contributed by atoms with van der Waals surface area (Å²) >= 11 is 0. The number of H-pyrrole nitrogens is 1. The Kier molecular flexibility index (Phi) is 3.14. The van der Waals surface area contributed by atoms with Crippen molar-refractivity contribution in [2.24, 2.45) is 0 Å². The molecule has 0 fully saturated rings. The smallest absolute Gasteiger partial charge is 0.138 e. The van der Waals surface area contributed by atoms with Crippen LogP contribution in [0.25, 0.3) is 22.4 Å². The van der Waals surface area contributed by atoms with E-state index in [4.69, 9.17) is 0 Å². The maximum Gasteiger partial charge on any atom is 0.138 e. The van der Waals surface area contributed by atoms with E-state index in [-0.39, 0.29) is 0 Å². The van der Waals surface area contributed by atoms with Gasteiger partial charge in [0.25, 0.3) is 0 Å². The summed E-state index contributed by atoms with van der Waals surface area (Å²) in [5, 5.41) is 3.29. The molecule has 0 aliphatic carbocycles. The number of aromatic nitrogens is 3. The van der Waals surface area contributed by atoms with Crippen molar-refractivity contribution < 1.29 is 0 Å². The van der Waals surface area contributed by atoms with Gasteiger partial charge in [0.15, 0.2) is 0 Å². The van der Waals surface area contributed by atoms with Gasteiger partial charge in [-0.3, -0.25) is 0 Å². The highest BCUT2D eigenvalue weighted by atomic mass is 15.0. The molecule has 0 radical (unpaired) electrons. The normalized spacial score (nSPS) is 10.8. The Morgan fingerprint density at radius 2 is 2.11 bits per heavy atom. The monoisotopic (exact) mass is 252 g/mol. The molecule has 3 aromatic rings. The molecule has 2 aromatic heterocycles. The number of nitrogens with one attached hydrogen (secondary N) is 2. The van der Waals surface area contributed by atoms with Crippen molar-refractivity contribution in [3.63, 3.8) is 0 Å². The second kappa shape index (κ2) is 5.10. The summed E-state index contributed by atoms with van der Waals surface area (Å²) < 4.78 is 0. The van der Waals surface area contributed by atoms with E-state index in [2.05, 4.69) is 27.2 Å². The van der Waals surface area contributed by atoms with Crippen LogP contribution in [-0.4, -0.2) is 21.5 Å². The summed E-state index contributed by atoms with van der Waals surface area (Å²) in [6, 6.07) is 12.0. The predicted octanol–water partition coefficient (Wildman–Crippen LogP) is 3.45. The number of fused-ring (bicyclic) bond motifs is 1. The van der Waals surface area contributed by atoms with Crippen molar-refractivity contribution in [1.82, 2.24) is 15.0 Å². The van der Waals surface area contributed by atoms with Crippen LogP contribution in [0.4, 0.5) is 5.82 Å². The molecule has 3 rings (SSSR count). The molecule has 1 aromatic carbocycles. The summed E-state index contributed by atoms with van der Waals surface area (Å²) in [6.45, 7) is 3.06. The summed E-state index contributed by atoms with van der Waals surface area (Å²) in [5.41, 5.74) is 3.08. The highest BCUT2D eigenvalue weighted by Gasteiger charge is 2.05. The minimum absolute atomic E-state index is 0.878. The van der Waals surface area contributed by atoms with Crippen molar-refractivity contribution in [3.8, 4) is 11.4 Å². The number of anilines is 1. The number of para-hydroxylation sites is 2. The van der Waals surface area contributed by atoms with E-state index in [0.717, 1.165) is 41.2 Å². The number of imidazole rings is 1. The minimum atomic E-state index is 0.878. The fourth-order valence-electron chi connectivity index (χ4n) is 2.02. The third-order valence-electron chi connectivity index (χ3n) is 2.98. The number of pyridine rings is 1. The molecule has 0 aliphatic heterocycles. The molecule has 0 spiro atoms. The number of hydrogen-bond donors (Lipinski definition) is 2. The van der Waals surface area contributed by atoms with Gasteiger partial charge in [-0.1, -0.05) is 19.1 Å². The molecule has 0 bridgehead atoms. The van der Waals surface area contributed by atoms with Crippen molar-refractivity contribution in [2.75, 3.05) is 11.9 Å². The van der Waals surface area contributed by atoms with Crippen LogP contribution in [0.3, 0.4) is 0 Å². The van der Waals surface area contributed by atoms with E-state index in [1.165, 1.54) is 0 Å². The molecular formula is C15H16N4. The van der Waals surface area contributed by atoms with Gasteiger partial charge < -0.3 is 10.3 Å². The van der Waals surface area contributed by atoms with Crippen LogP contribution in [0, 0.1) is 0 Å². The minimum Gasteiger partial charge on any atom is -0.370 e. The zero-order chi connectivity index (χ0) is 13.1. The van der Waals surface area contributed by atoms with E-state index in [1.54, 1.807) is 6.20 Å². The predicted molar refractivity (Wildman–Crippen MR) is 78.1 cm³/mol. The van der Waals surface area contributed by atoms with Gasteiger partial charge in [-0.05, 0) is 30.7 Å². The Labute approximate surface area is 111 Å². The van der Waals surface area contributed by atoms with Crippen LogP contribution in [0.5, 0.6) is 0 Å². The van der Waals surface area contributed by atoms with Crippen LogP contribution in [0.15, 0.2) is 42.6 Å². The average molecular weight is 252 g/mol. The summed E-state index contributed by atoms with van der Waals surface area (Å²) in [5.74, 6) is 1.77. The van der Waals surface area contributed by atoms with Crippen molar-refractivity contribution >= 4 is 16.9 Å². The zero-order valence-corrected chi connectivity index (χ0v) is 10.9. The molecule has 0 saturated carbocycles. The molecule has 0 saturated heterocycles. The molecule has 4 nitrogen and oxygen atoms in total. The zero-order valence-electron chi connectivity index (χ0n) is 10.9. The first-order chi connectivity index (χ1) is 9.36. The van der Waals surface area contributed by atoms with E-state index >= 15 is 0 Å². The lowest BCUT2D eigenvalue weighted by molar-refractivity contribution is 0.969. The highest BCUT2D eigenvalue weighted by molar-refractivity contribution is 5.79. The van der Waals surface area contributed by atoms with Gasteiger partial charge in [-0.2, -0.15) is 0 Å². The molecule has 0 atom stereocenters. The Morgan fingerprint density at radius 1 is 1.21 bits per heavy atom. The number of aromatic amines is 1. The van der Waals surface area contributed by atoms with Crippen LogP contribution in [0.2, 0.25) is 0 Å². The maximum atomic E-state index is 4.59. The quantitative estimate of drug-likeness (QED) is 0.747. The largest absolute Gasteiger partial charge is 0.370 e. The first kappa shape index (κ1) is 11.7. The second-order valence-corrected chi connectivity index (χ2v) is 4.46. The number of nitrogens with zero attached hydrogens (tertiary/aromatic N) is 2. The second-order valence-electron chi connectivity index (χ2n) is 4.46. The van der Waals surface area contributed by atoms with Gasteiger partial charge in [0.05, 0.1) is 11.0 Å². The Morgan fingerprint density at radius 3 is 2.95 bits per heavy atom. The van der Waals surface area contributed by atoms with E-state index in [0.29, 0.717) is 0 Å². The van der Waals surface area contributed by atoms with Crippen molar-refractivity contribution in [2.45, 2.75) is 13.3 Å². The lowest BCUT2D eigenvalue weighted by Crippen LogP contribution is -2.01. The van der Waals surface area contributed by atoms with Gasteiger partial charge in [0.2, 0.25) is 0 Å². The number of hydrogen-bond acceptors (Lipinski definition) is 3. The Balaban J connectivity index is 1.96. The lowest BCUT2D eigenvalue weighted by Gasteiger charge is -2.04. The molecule has 2 heterocycles. The van der Waals surface area contributed by atoms with E-state index in [9.17, 15) is 0 Å². The van der Waals surface area contributed by atoms with Crippen LogP contribution in [-0.2, 0) is 0 Å². The third-order valence-corrected chi connectivity index (χ3v) is 2.98. The van der Waals surface area contributed by atoms with E-state index in [1.807, 2.05) is 36.4 Å². The SMILES string of the molecule is CCCNc1cc(-c2nc3ccccc3[nH]2)ccn1. The topological polar surface area (TPSA) is 53.6 Å². The van der Waals surface area contributed by atoms with E-state index < -0.39 is 0 Å². The molecule has 2 N–H and O–H groups in total. The summed E-state index contributed by atoms with van der Waals surface area (Å²) in [7, 11) is 0. The van der Waals surface area contributed by atoms with Crippen LogP contribution >= 0.6 is 0 Å². The first-order valence-corrected chi connectivity index (χ1v) is 6.52. The molecule has 0 unspecified atom stereocenters. The van der Waals surface area contributed by atoms with Crippen LogP contribution < -0.4 is 5.32 Å². The fraction of sp³-hybridized carbons (Fsp3) is 0.200. The van der Waals surface area contributed by atoms with Gasteiger partial charge in [-0.15, -0.1) is 0 Å². The molecule has 0 aliphatic rings. The first-order valence-electron chi connectivity index (χ1n) is 6.52. The lowest BCUT2D eigenvalue weighted by atomic mass is 10.2. The molecule has 4 heteroatoms. The molecule has 96 valence electrons. The summed E-state index contributed by atoms with van der Waals surface area (Å²) in [6.07, 6.45) is 2.89. The Bertz CT molecular complexity index is 654. The summed E-state index contributed by atoms with van der Waals surface area (Å²) in [4.78, 5) is 12.2.